The third kappa shape index (κ3) is 4.15. The van der Waals surface area contributed by atoms with E-state index < -0.39 is 17.3 Å². The number of carbonyl (C=O) groups is 2. The van der Waals surface area contributed by atoms with E-state index in [1.807, 2.05) is 13.8 Å². The van der Waals surface area contributed by atoms with Gasteiger partial charge in [-0.1, -0.05) is 35.2 Å². The largest absolute Gasteiger partial charge is 0.341 e. The molecule has 132 valence electrons. The van der Waals surface area contributed by atoms with E-state index in [4.69, 9.17) is 0 Å². The minimum Gasteiger partial charge on any atom is -0.341 e. The highest BCUT2D eigenvalue weighted by molar-refractivity contribution is 9.10. The second-order valence-corrected chi connectivity index (χ2v) is 7.15. The number of halogens is 2. The quantitative estimate of drug-likeness (QED) is 0.817. The third-order valence-corrected chi connectivity index (χ3v) is 5.10. The number of rotatable bonds is 5. The molecule has 0 spiro atoms. The Labute approximate surface area is 150 Å². The molecule has 2 rings (SSSR count). The number of nitrogens with zero attached hydrogens (tertiary/aromatic N) is 1. The van der Waals surface area contributed by atoms with Crippen LogP contribution in [0.1, 0.15) is 56.3 Å². The van der Waals surface area contributed by atoms with Crippen LogP contribution in [0.15, 0.2) is 22.7 Å². The lowest BCUT2D eigenvalue weighted by molar-refractivity contribution is -0.139. The van der Waals surface area contributed by atoms with Crippen LogP contribution in [-0.4, -0.2) is 35.3 Å². The minimum absolute atomic E-state index is 0.0315. The lowest BCUT2D eigenvalue weighted by Crippen LogP contribution is -2.60. The Hall–Kier alpha value is -1.43. The molecule has 24 heavy (non-hydrogen) atoms. The van der Waals surface area contributed by atoms with E-state index in [-0.39, 0.29) is 11.5 Å². The van der Waals surface area contributed by atoms with E-state index in [0.717, 1.165) is 19.3 Å². The SMILES string of the molecule is CCN(CC)C(=O)C1(NC(=O)c2cc(F)cc(Br)c2)CCCCC1. The molecule has 0 heterocycles. The fraction of sp³-hybridized carbons (Fsp3) is 0.556. The molecule has 1 aromatic carbocycles. The zero-order valence-electron chi connectivity index (χ0n) is 14.2. The van der Waals surface area contributed by atoms with Gasteiger partial charge in [-0.05, 0) is 44.9 Å². The van der Waals surface area contributed by atoms with E-state index in [2.05, 4.69) is 21.2 Å². The van der Waals surface area contributed by atoms with Gasteiger partial charge in [-0.3, -0.25) is 9.59 Å². The van der Waals surface area contributed by atoms with Gasteiger partial charge in [0.1, 0.15) is 11.4 Å². The van der Waals surface area contributed by atoms with E-state index in [9.17, 15) is 14.0 Å². The molecular weight excluding hydrogens is 375 g/mol. The first-order valence-electron chi connectivity index (χ1n) is 8.50. The maximum absolute atomic E-state index is 13.6. The molecule has 0 unspecified atom stereocenters. The average Bonchev–Trinajstić information content (AvgIpc) is 2.55. The van der Waals surface area contributed by atoms with Crippen molar-refractivity contribution in [1.29, 1.82) is 0 Å². The van der Waals surface area contributed by atoms with Crippen molar-refractivity contribution in [2.24, 2.45) is 0 Å². The first kappa shape index (κ1) is 18.9. The zero-order chi connectivity index (χ0) is 17.7. The van der Waals surface area contributed by atoms with E-state index in [1.165, 1.54) is 12.1 Å². The van der Waals surface area contributed by atoms with E-state index in [1.54, 1.807) is 11.0 Å². The lowest BCUT2D eigenvalue weighted by atomic mass is 9.80. The molecule has 2 amide bonds. The number of hydrogen-bond donors (Lipinski definition) is 1. The third-order valence-electron chi connectivity index (χ3n) is 4.64. The molecular formula is C18H24BrFN2O2. The number of benzene rings is 1. The summed E-state index contributed by atoms with van der Waals surface area (Å²) in [6.45, 7) is 5.09. The van der Waals surface area contributed by atoms with Crippen LogP contribution in [0, 0.1) is 5.82 Å². The number of carbonyl (C=O) groups excluding carboxylic acids is 2. The van der Waals surface area contributed by atoms with Gasteiger partial charge in [0.05, 0.1) is 0 Å². The maximum Gasteiger partial charge on any atom is 0.252 e. The van der Waals surface area contributed by atoms with Crippen molar-refractivity contribution < 1.29 is 14.0 Å². The average molecular weight is 399 g/mol. The monoisotopic (exact) mass is 398 g/mol. The zero-order valence-corrected chi connectivity index (χ0v) is 15.8. The highest BCUT2D eigenvalue weighted by atomic mass is 79.9. The molecule has 1 aromatic rings. The number of likely N-dealkylation sites (N-methyl/N-ethyl adjacent to an activating group) is 1. The molecule has 0 radical (unpaired) electrons. The van der Waals surface area contributed by atoms with Gasteiger partial charge in [-0.15, -0.1) is 0 Å². The van der Waals surface area contributed by atoms with Crippen LogP contribution in [0.3, 0.4) is 0 Å². The predicted octanol–water partition coefficient (Wildman–Crippen LogP) is 3.89. The van der Waals surface area contributed by atoms with Crippen molar-refractivity contribution in [2.45, 2.75) is 51.5 Å². The van der Waals surface area contributed by atoms with Crippen molar-refractivity contribution >= 4 is 27.7 Å². The summed E-state index contributed by atoms with van der Waals surface area (Å²) in [4.78, 5) is 27.4. The first-order chi connectivity index (χ1) is 11.4. The normalized spacial score (nSPS) is 16.5. The molecule has 0 aliphatic heterocycles. The van der Waals surface area contributed by atoms with Gasteiger partial charge >= 0.3 is 0 Å². The summed E-state index contributed by atoms with van der Waals surface area (Å²) in [6, 6.07) is 4.06. The molecule has 1 aliphatic carbocycles. The molecule has 0 saturated heterocycles. The topological polar surface area (TPSA) is 49.4 Å². The number of hydrogen-bond acceptors (Lipinski definition) is 2. The summed E-state index contributed by atoms with van der Waals surface area (Å²) in [5, 5.41) is 2.93. The smallest absolute Gasteiger partial charge is 0.252 e. The molecule has 6 heteroatoms. The standard InChI is InChI=1S/C18H24BrFN2O2/c1-3-22(4-2)17(24)18(8-6-5-7-9-18)21-16(23)13-10-14(19)12-15(20)11-13/h10-12H,3-9H2,1-2H3,(H,21,23). The maximum atomic E-state index is 13.6. The van der Waals surface area contributed by atoms with E-state index in [0.29, 0.717) is 30.4 Å². The highest BCUT2D eigenvalue weighted by Gasteiger charge is 2.42. The first-order valence-corrected chi connectivity index (χ1v) is 9.29. The molecule has 0 bridgehead atoms. The van der Waals surface area contributed by atoms with Gasteiger partial charge in [0.15, 0.2) is 0 Å². The highest BCUT2D eigenvalue weighted by Crippen LogP contribution is 2.31. The Morgan fingerprint density at radius 1 is 1.17 bits per heavy atom. The van der Waals surface area contributed by atoms with E-state index >= 15 is 0 Å². The molecule has 1 N–H and O–H groups in total. The second-order valence-electron chi connectivity index (χ2n) is 6.23. The molecule has 1 saturated carbocycles. The fourth-order valence-electron chi connectivity index (χ4n) is 3.34. The lowest BCUT2D eigenvalue weighted by Gasteiger charge is -2.40. The summed E-state index contributed by atoms with van der Waals surface area (Å²) >= 11 is 3.20. The van der Waals surface area contributed by atoms with Crippen LogP contribution < -0.4 is 5.32 Å². The second kappa shape index (κ2) is 8.10. The fourth-order valence-corrected chi connectivity index (χ4v) is 3.80. The van der Waals surface area contributed by atoms with Crippen LogP contribution >= 0.6 is 15.9 Å². The Bertz CT molecular complexity index is 591. The van der Waals surface area contributed by atoms with Crippen molar-refractivity contribution in [3.63, 3.8) is 0 Å². The number of nitrogens with one attached hydrogen (secondary N) is 1. The van der Waals surface area contributed by atoms with Gasteiger partial charge in [0, 0.05) is 23.1 Å². The minimum atomic E-state index is -0.875. The van der Waals surface area contributed by atoms with Crippen LogP contribution in [0.4, 0.5) is 4.39 Å². The van der Waals surface area contributed by atoms with Crippen molar-refractivity contribution in [1.82, 2.24) is 10.2 Å². The van der Waals surface area contributed by atoms with Gasteiger partial charge in [-0.2, -0.15) is 0 Å². The Balaban J connectivity index is 2.28. The van der Waals surface area contributed by atoms with Crippen molar-refractivity contribution in [3.8, 4) is 0 Å². The van der Waals surface area contributed by atoms with Crippen molar-refractivity contribution in [2.75, 3.05) is 13.1 Å². The summed E-state index contributed by atoms with van der Waals surface area (Å²) in [5.41, 5.74) is -0.653. The van der Waals surface area contributed by atoms with Crippen LogP contribution in [0.2, 0.25) is 0 Å². The molecule has 0 aromatic heterocycles. The van der Waals surface area contributed by atoms with Gasteiger partial charge in [0.25, 0.3) is 5.91 Å². The Morgan fingerprint density at radius 2 is 1.79 bits per heavy atom. The molecule has 1 aliphatic rings. The summed E-state index contributed by atoms with van der Waals surface area (Å²) in [5.74, 6) is -0.920. The van der Waals surface area contributed by atoms with Crippen LogP contribution in [0.25, 0.3) is 0 Å². The molecule has 1 fully saturated rings. The van der Waals surface area contributed by atoms with Gasteiger partial charge in [-0.25, -0.2) is 4.39 Å². The van der Waals surface area contributed by atoms with Crippen LogP contribution in [-0.2, 0) is 4.79 Å². The van der Waals surface area contributed by atoms with Crippen molar-refractivity contribution in [3.05, 3.63) is 34.1 Å². The van der Waals surface area contributed by atoms with Crippen LogP contribution in [0.5, 0.6) is 0 Å². The molecule has 0 atom stereocenters. The summed E-state index contributed by atoms with van der Waals surface area (Å²) in [6.07, 6.45) is 4.13. The molecule has 4 nitrogen and oxygen atoms in total. The summed E-state index contributed by atoms with van der Waals surface area (Å²) < 4.78 is 14.1. The summed E-state index contributed by atoms with van der Waals surface area (Å²) in [7, 11) is 0. The predicted molar refractivity (Wildman–Crippen MR) is 95.3 cm³/mol. The Kier molecular flexibility index (Phi) is 6.38. The van der Waals surface area contributed by atoms with Gasteiger partial charge < -0.3 is 10.2 Å². The van der Waals surface area contributed by atoms with Gasteiger partial charge in [0.2, 0.25) is 5.91 Å². The Morgan fingerprint density at radius 3 is 2.33 bits per heavy atom. The number of amides is 2.